The molecule has 82 valence electrons. The summed E-state index contributed by atoms with van der Waals surface area (Å²) in [7, 11) is 0. The molecule has 0 spiro atoms. The van der Waals surface area contributed by atoms with Crippen LogP contribution in [0.1, 0.15) is 21.6 Å². The molecule has 0 aromatic carbocycles. The van der Waals surface area contributed by atoms with Crippen molar-refractivity contribution in [1.29, 1.82) is 0 Å². The van der Waals surface area contributed by atoms with Gasteiger partial charge in [0.1, 0.15) is 4.88 Å². The van der Waals surface area contributed by atoms with Gasteiger partial charge in [0.2, 0.25) is 0 Å². The fraction of sp³-hybridized carbons (Fsp3) is 0.375. The van der Waals surface area contributed by atoms with Gasteiger partial charge in [-0.05, 0) is 13.8 Å². The Morgan fingerprint density at radius 3 is 2.93 bits per heavy atom. The van der Waals surface area contributed by atoms with Crippen LogP contribution in [0.4, 0.5) is 0 Å². The lowest BCUT2D eigenvalue weighted by Gasteiger charge is -2.10. The van der Waals surface area contributed by atoms with E-state index >= 15 is 0 Å². The normalized spacial score (nSPS) is 13.6. The first kappa shape index (κ1) is 11.4. The molecule has 0 radical (unpaired) electrons. The van der Waals surface area contributed by atoms with Crippen LogP contribution >= 0.6 is 11.3 Å². The molecule has 1 heterocycles. The molecule has 1 atom stereocenters. The Balaban J connectivity index is 2.64. The highest BCUT2D eigenvalue weighted by molar-refractivity contribution is 7.13. The topological polar surface area (TPSA) is 101 Å². The van der Waals surface area contributed by atoms with Crippen LogP contribution in [0.3, 0.4) is 0 Å². The average Bonchev–Trinajstić information content (AvgIpc) is 2.63. The molecule has 0 aliphatic heterocycles. The lowest BCUT2D eigenvalue weighted by molar-refractivity contribution is 0.0952. The van der Waals surface area contributed by atoms with Gasteiger partial charge in [0, 0.05) is 0 Å². The molecule has 0 saturated carbocycles. The van der Waals surface area contributed by atoms with Crippen molar-refractivity contribution in [2.45, 2.75) is 19.9 Å². The van der Waals surface area contributed by atoms with Gasteiger partial charge in [0.05, 0.1) is 17.2 Å². The van der Waals surface area contributed by atoms with Gasteiger partial charge in [-0.15, -0.1) is 11.3 Å². The number of nitrogens with zero attached hydrogens (tertiary/aromatic N) is 2. The number of oxime groups is 1. The van der Waals surface area contributed by atoms with Gasteiger partial charge >= 0.3 is 0 Å². The Labute approximate surface area is 90.8 Å². The number of rotatable bonds is 3. The number of amidine groups is 1. The fourth-order valence-electron chi connectivity index (χ4n) is 0.895. The summed E-state index contributed by atoms with van der Waals surface area (Å²) >= 11 is 1.29. The number of hydrogen-bond acceptors (Lipinski definition) is 5. The fourth-order valence-corrected chi connectivity index (χ4v) is 1.58. The molecule has 1 amide bonds. The maximum absolute atomic E-state index is 11.6. The molecule has 7 heteroatoms. The van der Waals surface area contributed by atoms with Gasteiger partial charge < -0.3 is 16.3 Å². The molecule has 6 nitrogen and oxygen atoms in total. The molecule has 1 unspecified atom stereocenters. The molecule has 15 heavy (non-hydrogen) atoms. The summed E-state index contributed by atoms with van der Waals surface area (Å²) in [5.41, 5.74) is 5.32. The van der Waals surface area contributed by atoms with Crippen LogP contribution in [-0.4, -0.2) is 28.0 Å². The molecule has 4 N–H and O–H groups in total. The summed E-state index contributed by atoms with van der Waals surface area (Å²) in [6, 6.07) is -0.509. The second kappa shape index (κ2) is 4.74. The maximum atomic E-state index is 11.6. The third kappa shape index (κ3) is 2.91. The summed E-state index contributed by atoms with van der Waals surface area (Å²) in [5, 5.41) is 14.6. The van der Waals surface area contributed by atoms with Crippen LogP contribution in [0.5, 0.6) is 0 Å². The number of amides is 1. The number of carbonyl (C=O) groups excluding carboxylic acids is 1. The highest BCUT2D eigenvalue weighted by Crippen LogP contribution is 2.11. The standard InChI is InChI=1S/C8H12N4O2S/c1-4(7(9)12-14)11-8(13)6-3-10-5(2)15-6/h3-4,14H,1-2H3,(H2,9,12)(H,11,13). The lowest BCUT2D eigenvalue weighted by atomic mass is 10.3. The maximum Gasteiger partial charge on any atom is 0.263 e. The first-order chi connectivity index (χ1) is 7.04. The monoisotopic (exact) mass is 228 g/mol. The molecule has 0 aliphatic rings. The van der Waals surface area contributed by atoms with Crippen molar-refractivity contribution in [1.82, 2.24) is 10.3 Å². The van der Waals surface area contributed by atoms with Crippen LogP contribution in [0, 0.1) is 6.92 Å². The SMILES string of the molecule is Cc1ncc(C(=O)NC(C)C(N)=NO)s1. The summed E-state index contributed by atoms with van der Waals surface area (Å²) in [6.45, 7) is 3.44. The van der Waals surface area contributed by atoms with E-state index in [1.807, 2.05) is 6.92 Å². The van der Waals surface area contributed by atoms with E-state index in [2.05, 4.69) is 15.5 Å². The van der Waals surface area contributed by atoms with Crippen molar-refractivity contribution in [2.24, 2.45) is 10.9 Å². The van der Waals surface area contributed by atoms with Crippen molar-refractivity contribution in [3.05, 3.63) is 16.1 Å². The van der Waals surface area contributed by atoms with Crippen LogP contribution in [0.25, 0.3) is 0 Å². The first-order valence-electron chi connectivity index (χ1n) is 4.25. The third-order valence-electron chi connectivity index (χ3n) is 1.75. The molecule has 0 aliphatic carbocycles. The predicted molar refractivity (Wildman–Crippen MR) is 57.2 cm³/mol. The summed E-state index contributed by atoms with van der Waals surface area (Å²) in [4.78, 5) is 16.0. The molecule has 0 fully saturated rings. The van der Waals surface area contributed by atoms with Gasteiger partial charge in [-0.25, -0.2) is 4.98 Å². The van der Waals surface area contributed by atoms with E-state index < -0.39 is 6.04 Å². The number of hydrogen-bond donors (Lipinski definition) is 3. The predicted octanol–water partition coefficient (Wildman–Crippen LogP) is 0.316. The van der Waals surface area contributed by atoms with Crippen molar-refractivity contribution in [3.63, 3.8) is 0 Å². The Morgan fingerprint density at radius 2 is 2.47 bits per heavy atom. The molecular weight excluding hydrogens is 216 g/mol. The minimum absolute atomic E-state index is 0.0374. The van der Waals surface area contributed by atoms with E-state index in [1.54, 1.807) is 6.92 Å². The van der Waals surface area contributed by atoms with Crippen molar-refractivity contribution >= 4 is 23.1 Å². The van der Waals surface area contributed by atoms with Crippen molar-refractivity contribution in [2.75, 3.05) is 0 Å². The van der Waals surface area contributed by atoms with E-state index in [1.165, 1.54) is 17.5 Å². The number of aryl methyl sites for hydroxylation is 1. The zero-order valence-corrected chi connectivity index (χ0v) is 9.21. The second-order valence-electron chi connectivity index (χ2n) is 2.96. The highest BCUT2D eigenvalue weighted by Gasteiger charge is 2.14. The van der Waals surface area contributed by atoms with E-state index in [4.69, 9.17) is 10.9 Å². The summed E-state index contributed by atoms with van der Waals surface area (Å²) in [6.07, 6.45) is 1.49. The lowest BCUT2D eigenvalue weighted by Crippen LogP contribution is -2.42. The van der Waals surface area contributed by atoms with Crippen molar-refractivity contribution < 1.29 is 10.0 Å². The van der Waals surface area contributed by atoms with Gasteiger partial charge in [-0.3, -0.25) is 4.79 Å². The van der Waals surface area contributed by atoms with Gasteiger partial charge in [0.15, 0.2) is 5.84 Å². The Morgan fingerprint density at radius 1 is 1.80 bits per heavy atom. The number of thiazole rings is 1. The Hall–Kier alpha value is -1.63. The zero-order valence-electron chi connectivity index (χ0n) is 8.39. The quantitative estimate of drug-likeness (QED) is 0.300. The molecule has 0 saturated heterocycles. The minimum atomic E-state index is -0.509. The number of aromatic nitrogens is 1. The van der Waals surface area contributed by atoms with Crippen LogP contribution in [0.15, 0.2) is 11.4 Å². The zero-order chi connectivity index (χ0) is 11.4. The average molecular weight is 228 g/mol. The molecule has 0 bridgehead atoms. The van der Waals surface area contributed by atoms with E-state index in [0.717, 1.165) is 5.01 Å². The molecular formula is C8H12N4O2S. The number of nitrogens with two attached hydrogens (primary N) is 1. The van der Waals surface area contributed by atoms with E-state index in [9.17, 15) is 4.79 Å². The van der Waals surface area contributed by atoms with Gasteiger partial charge in [-0.2, -0.15) is 0 Å². The molecule has 1 aromatic heterocycles. The summed E-state index contributed by atoms with van der Waals surface area (Å²) < 4.78 is 0. The largest absolute Gasteiger partial charge is 0.409 e. The smallest absolute Gasteiger partial charge is 0.263 e. The van der Waals surface area contributed by atoms with Crippen LogP contribution in [0.2, 0.25) is 0 Å². The van der Waals surface area contributed by atoms with Gasteiger partial charge in [-0.1, -0.05) is 5.16 Å². The van der Waals surface area contributed by atoms with E-state index in [-0.39, 0.29) is 11.7 Å². The van der Waals surface area contributed by atoms with E-state index in [0.29, 0.717) is 4.88 Å². The Kier molecular flexibility index (Phi) is 3.62. The first-order valence-corrected chi connectivity index (χ1v) is 5.07. The van der Waals surface area contributed by atoms with Crippen LogP contribution < -0.4 is 11.1 Å². The summed E-state index contributed by atoms with van der Waals surface area (Å²) in [5.74, 6) is -0.315. The molecule has 1 aromatic rings. The number of carbonyl (C=O) groups is 1. The third-order valence-corrected chi connectivity index (χ3v) is 2.66. The van der Waals surface area contributed by atoms with Crippen molar-refractivity contribution in [3.8, 4) is 0 Å². The highest BCUT2D eigenvalue weighted by atomic mass is 32.1. The molecule has 1 rings (SSSR count). The number of nitrogens with one attached hydrogen (secondary N) is 1. The Bertz CT molecular complexity index is 388. The second-order valence-corrected chi connectivity index (χ2v) is 4.20. The van der Waals surface area contributed by atoms with Crippen LogP contribution in [-0.2, 0) is 0 Å². The van der Waals surface area contributed by atoms with Gasteiger partial charge in [0.25, 0.3) is 5.91 Å². The minimum Gasteiger partial charge on any atom is -0.409 e.